The number of aliphatic hydroxyl groups is 1. The molecule has 3 aromatic carbocycles. The smallest absolute Gasteiger partial charge is 0.422 e. The molecule has 49 heavy (non-hydrogen) atoms. The van der Waals surface area contributed by atoms with Crippen LogP contribution in [0.2, 0.25) is 0 Å². The molecule has 1 aromatic heterocycles. The number of carbonyl (C=O) groups excluding carboxylic acids is 1. The summed E-state index contributed by atoms with van der Waals surface area (Å²) in [5.41, 5.74) is -1.02. The molecule has 0 bridgehead atoms. The van der Waals surface area contributed by atoms with Gasteiger partial charge in [-0.15, -0.1) is 0 Å². The number of likely N-dealkylation sites (tertiary alicyclic amines) is 1. The third-order valence-electron chi connectivity index (χ3n) is 8.82. The molecule has 9 nitrogen and oxygen atoms in total. The average Bonchev–Trinajstić information content (AvgIpc) is 3.46. The number of β-amino-alcohol motifs (C(OH)–C–C–N with tert-alkyl or cyclic N) is 1. The average molecular weight is 680 g/mol. The van der Waals surface area contributed by atoms with E-state index in [2.05, 4.69) is 4.85 Å². The Morgan fingerprint density at radius 1 is 1.00 bits per heavy atom. The number of hydrogen-bond acceptors (Lipinski definition) is 7. The molecule has 1 fully saturated rings. The van der Waals surface area contributed by atoms with Gasteiger partial charge in [0.1, 0.15) is 6.10 Å². The van der Waals surface area contributed by atoms with Crippen LogP contribution in [0, 0.1) is 6.57 Å². The topological polar surface area (TPSA) is 86.8 Å². The Bertz CT molecular complexity index is 1770. The van der Waals surface area contributed by atoms with Gasteiger partial charge in [0.05, 0.1) is 27.4 Å². The molecular weight excluding hydrogens is 639 g/mol. The summed E-state index contributed by atoms with van der Waals surface area (Å²) in [6.45, 7) is 9.58. The van der Waals surface area contributed by atoms with Crippen LogP contribution < -0.4 is 14.2 Å². The maximum atomic E-state index is 14.9. The van der Waals surface area contributed by atoms with Crippen LogP contribution in [-0.2, 0) is 28.1 Å². The predicted molar refractivity (Wildman–Crippen MR) is 178 cm³/mol. The van der Waals surface area contributed by atoms with Crippen molar-refractivity contribution in [2.24, 2.45) is 0 Å². The first kappa shape index (κ1) is 35.6. The number of carbonyl (C=O) groups is 1. The van der Waals surface area contributed by atoms with E-state index in [0.717, 1.165) is 11.1 Å². The van der Waals surface area contributed by atoms with Gasteiger partial charge in [0.15, 0.2) is 17.2 Å². The van der Waals surface area contributed by atoms with E-state index in [0.29, 0.717) is 54.3 Å². The summed E-state index contributed by atoms with van der Waals surface area (Å²) in [5, 5.41) is 11.9. The Balaban J connectivity index is 1.34. The summed E-state index contributed by atoms with van der Waals surface area (Å²) in [4.78, 5) is 16.9. The number of benzene rings is 3. The Kier molecular flexibility index (Phi) is 11.1. The first-order valence-electron chi connectivity index (χ1n) is 16.1. The summed E-state index contributed by atoms with van der Waals surface area (Å²) < 4.78 is 69.0. The largest absolute Gasteiger partial charge is 0.493 e. The van der Waals surface area contributed by atoms with Crippen molar-refractivity contribution in [3.05, 3.63) is 95.0 Å². The second-order valence-corrected chi connectivity index (χ2v) is 12.1. The van der Waals surface area contributed by atoms with Gasteiger partial charge in [-0.25, -0.2) is 4.85 Å². The minimum absolute atomic E-state index is 0.193. The second-order valence-electron chi connectivity index (χ2n) is 12.1. The summed E-state index contributed by atoms with van der Waals surface area (Å²) in [6.07, 6.45) is -2.56. The number of nitrogens with zero attached hydrogens (tertiary/aromatic N) is 3. The molecule has 1 atom stereocenters. The quantitative estimate of drug-likeness (QED) is 0.120. The summed E-state index contributed by atoms with van der Waals surface area (Å²) in [6, 6.07) is 17.4. The van der Waals surface area contributed by atoms with E-state index in [-0.39, 0.29) is 49.1 Å². The molecule has 1 aliphatic heterocycles. The first-order chi connectivity index (χ1) is 23.5. The van der Waals surface area contributed by atoms with Crippen molar-refractivity contribution in [2.75, 3.05) is 40.5 Å². The molecule has 5 rings (SSSR count). The number of hydrogen-bond donors (Lipinski definition) is 1. The Morgan fingerprint density at radius 2 is 1.67 bits per heavy atom. The van der Waals surface area contributed by atoms with Crippen LogP contribution in [0.4, 0.5) is 18.9 Å². The van der Waals surface area contributed by atoms with Crippen molar-refractivity contribution in [2.45, 2.75) is 57.0 Å². The van der Waals surface area contributed by atoms with Crippen LogP contribution in [0.15, 0.2) is 66.9 Å². The van der Waals surface area contributed by atoms with Crippen molar-refractivity contribution in [1.82, 2.24) is 9.47 Å². The minimum Gasteiger partial charge on any atom is -0.493 e. The highest BCUT2D eigenvalue weighted by atomic mass is 19.4. The van der Waals surface area contributed by atoms with Crippen LogP contribution in [0.25, 0.3) is 15.7 Å². The lowest BCUT2D eigenvalue weighted by atomic mass is 9.91. The zero-order chi connectivity index (χ0) is 35.2. The van der Waals surface area contributed by atoms with Crippen LogP contribution in [0.5, 0.6) is 17.2 Å². The van der Waals surface area contributed by atoms with Gasteiger partial charge >= 0.3 is 12.1 Å². The number of alkyl halides is 3. The number of piperidine rings is 1. The lowest BCUT2D eigenvalue weighted by molar-refractivity contribution is -0.272. The predicted octanol–water partition coefficient (Wildman–Crippen LogP) is 7.05. The Labute approximate surface area is 283 Å². The number of aryl methyl sites for hydroxylation is 1. The second kappa shape index (κ2) is 15.2. The third kappa shape index (κ3) is 7.95. The molecule has 0 saturated carbocycles. The number of halogens is 3. The molecule has 4 aromatic rings. The van der Waals surface area contributed by atoms with Gasteiger partial charge < -0.3 is 28.6 Å². The standard InChI is InChI=1S/C37H40F3N3O6/c1-5-48-34(44)14-11-26-19-32(46-3)35(33(20-26)47-4)49-28-15-17-42(18-16-28)24-36(45,37(38,39)40)30-23-43(22-25-9-7-6-8-10-25)31-21-27(41-2)12-13-29(30)31/h6-10,12-13,19-21,23,28,45H,5,11,14-18,22,24H2,1,3-4H3. The van der Waals surface area contributed by atoms with E-state index in [9.17, 15) is 23.1 Å². The van der Waals surface area contributed by atoms with Crippen molar-refractivity contribution in [1.29, 1.82) is 0 Å². The molecule has 1 unspecified atom stereocenters. The van der Waals surface area contributed by atoms with Gasteiger partial charge in [-0.2, -0.15) is 13.2 Å². The fourth-order valence-corrected chi connectivity index (χ4v) is 6.27. The van der Waals surface area contributed by atoms with E-state index < -0.39 is 18.3 Å². The molecule has 260 valence electrons. The van der Waals surface area contributed by atoms with Crippen molar-refractivity contribution >= 4 is 22.6 Å². The van der Waals surface area contributed by atoms with Crippen LogP contribution in [-0.4, -0.2) is 73.3 Å². The number of rotatable bonds is 13. The van der Waals surface area contributed by atoms with Gasteiger partial charge in [0.25, 0.3) is 0 Å². The van der Waals surface area contributed by atoms with Gasteiger partial charge in [-0.05, 0) is 55.5 Å². The highest BCUT2D eigenvalue weighted by Crippen LogP contribution is 2.45. The molecular formula is C37H40F3N3O6. The number of esters is 1. The molecule has 0 aliphatic carbocycles. The zero-order valence-corrected chi connectivity index (χ0v) is 27.8. The molecule has 2 heterocycles. The van der Waals surface area contributed by atoms with Crippen molar-refractivity contribution in [3.8, 4) is 17.2 Å². The molecule has 12 heteroatoms. The fourth-order valence-electron chi connectivity index (χ4n) is 6.27. The van der Waals surface area contributed by atoms with Gasteiger partial charge in [-0.3, -0.25) is 9.69 Å². The monoisotopic (exact) mass is 679 g/mol. The van der Waals surface area contributed by atoms with E-state index in [1.54, 1.807) is 34.6 Å². The molecule has 0 spiro atoms. The summed E-state index contributed by atoms with van der Waals surface area (Å²) in [7, 11) is 2.99. The Hall–Kier alpha value is -4.73. The molecule has 0 radical (unpaired) electrons. The minimum atomic E-state index is -4.99. The van der Waals surface area contributed by atoms with Crippen LogP contribution in [0.1, 0.15) is 42.9 Å². The molecule has 1 N–H and O–H groups in total. The maximum Gasteiger partial charge on any atom is 0.422 e. The zero-order valence-electron chi connectivity index (χ0n) is 27.8. The number of fused-ring (bicyclic) bond motifs is 1. The number of aromatic nitrogens is 1. The van der Waals surface area contributed by atoms with Crippen LogP contribution >= 0.6 is 0 Å². The van der Waals surface area contributed by atoms with E-state index >= 15 is 0 Å². The highest BCUT2D eigenvalue weighted by molar-refractivity contribution is 5.88. The first-order valence-corrected chi connectivity index (χ1v) is 16.1. The normalized spacial score (nSPS) is 15.4. The Morgan fingerprint density at radius 3 is 2.27 bits per heavy atom. The lowest BCUT2D eigenvalue weighted by Crippen LogP contribution is -2.53. The maximum absolute atomic E-state index is 14.9. The van der Waals surface area contributed by atoms with E-state index in [1.807, 2.05) is 30.3 Å². The van der Waals surface area contributed by atoms with Crippen molar-refractivity contribution < 1.29 is 42.0 Å². The van der Waals surface area contributed by atoms with Crippen LogP contribution in [0.3, 0.4) is 0 Å². The van der Waals surface area contributed by atoms with Gasteiger partial charge in [-0.1, -0.05) is 42.5 Å². The van der Waals surface area contributed by atoms with E-state index in [4.69, 9.17) is 25.5 Å². The third-order valence-corrected chi connectivity index (χ3v) is 8.82. The van der Waals surface area contributed by atoms with Gasteiger partial charge in [0, 0.05) is 55.3 Å². The SMILES string of the molecule is [C-]#[N+]c1ccc2c(C(O)(CN3CCC(Oc4c(OC)cc(CCC(=O)OCC)cc4OC)CC3)C(F)(F)F)cn(Cc3ccccc3)c2c1. The number of methoxy groups -OCH3 is 2. The highest BCUT2D eigenvalue weighted by Gasteiger charge is 2.57. The molecule has 0 amide bonds. The molecule has 1 saturated heterocycles. The summed E-state index contributed by atoms with van der Waals surface area (Å²) >= 11 is 0. The van der Waals surface area contributed by atoms with E-state index in [1.165, 1.54) is 32.5 Å². The fraction of sp³-hybridized carbons (Fsp3) is 0.405. The lowest BCUT2D eigenvalue weighted by Gasteiger charge is -2.39. The van der Waals surface area contributed by atoms with Gasteiger partial charge in [0.2, 0.25) is 11.4 Å². The van der Waals surface area contributed by atoms with Crippen molar-refractivity contribution in [3.63, 3.8) is 0 Å². The summed E-state index contributed by atoms with van der Waals surface area (Å²) in [5.74, 6) is 0.901. The molecule has 1 aliphatic rings. The number of ether oxygens (including phenoxy) is 4.